The molecule has 0 spiro atoms. The second-order valence-electron chi connectivity index (χ2n) is 5.09. The SMILES string of the molecule is C=C(C)C1=CC=CC(C(C)(C)NC(=O)NC)C1. The second kappa shape index (κ2) is 5.21. The molecule has 0 aliphatic heterocycles. The number of hydrogen-bond acceptors (Lipinski definition) is 1. The van der Waals surface area contributed by atoms with Gasteiger partial charge in [-0.1, -0.05) is 30.4 Å². The number of carbonyl (C=O) groups excluding carboxylic acids is 1. The Morgan fingerprint density at radius 1 is 1.53 bits per heavy atom. The molecule has 0 aromatic heterocycles. The molecule has 0 fully saturated rings. The Hall–Kier alpha value is -1.51. The summed E-state index contributed by atoms with van der Waals surface area (Å²) in [6.45, 7) is 10.1. The van der Waals surface area contributed by atoms with Gasteiger partial charge in [0, 0.05) is 18.5 Å². The van der Waals surface area contributed by atoms with Crippen LogP contribution >= 0.6 is 0 Å². The van der Waals surface area contributed by atoms with Crippen LogP contribution in [0.15, 0.2) is 36.0 Å². The molecule has 0 heterocycles. The smallest absolute Gasteiger partial charge is 0.314 e. The molecule has 2 amide bonds. The van der Waals surface area contributed by atoms with E-state index < -0.39 is 0 Å². The number of allylic oxidation sites excluding steroid dienone is 4. The standard InChI is InChI=1S/C14H22N2O/c1-10(2)11-7-6-8-12(9-11)14(3,4)16-13(17)15-5/h6-8,12H,1,9H2,2-5H3,(H2,15,16,17). The summed E-state index contributed by atoms with van der Waals surface area (Å²) in [6, 6.07) is -0.144. The van der Waals surface area contributed by atoms with Gasteiger partial charge >= 0.3 is 6.03 Å². The van der Waals surface area contributed by atoms with Gasteiger partial charge in [-0.2, -0.15) is 0 Å². The minimum absolute atomic E-state index is 0.144. The molecule has 1 aliphatic rings. The molecule has 2 N–H and O–H groups in total. The van der Waals surface area contributed by atoms with Crippen molar-refractivity contribution in [2.24, 2.45) is 5.92 Å². The van der Waals surface area contributed by atoms with Crippen molar-refractivity contribution in [3.8, 4) is 0 Å². The molecule has 1 rings (SSSR count). The van der Waals surface area contributed by atoms with Gasteiger partial charge in [-0.3, -0.25) is 0 Å². The Balaban J connectivity index is 2.75. The molecule has 0 saturated carbocycles. The molecule has 0 aromatic carbocycles. The first-order valence-corrected chi connectivity index (χ1v) is 5.90. The van der Waals surface area contributed by atoms with Crippen LogP contribution in [0.2, 0.25) is 0 Å². The van der Waals surface area contributed by atoms with Crippen molar-refractivity contribution in [1.29, 1.82) is 0 Å². The fraction of sp³-hybridized carbons (Fsp3) is 0.500. The van der Waals surface area contributed by atoms with Gasteiger partial charge in [0.1, 0.15) is 0 Å². The monoisotopic (exact) mass is 234 g/mol. The summed E-state index contributed by atoms with van der Waals surface area (Å²) in [5.41, 5.74) is 2.07. The first kappa shape index (κ1) is 13.6. The van der Waals surface area contributed by atoms with Crippen molar-refractivity contribution in [1.82, 2.24) is 10.6 Å². The third-order valence-electron chi connectivity index (χ3n) is 3.22. The molecule has 94 valence electrons. The van der Waals surface area contributed by atoms with Crippen molar-refractivity contribution >= 4 is 6.03 Å². The maximum absolute atomic E-state index is 11.4. The summed E-state index contributed by atoms with van der Waals surface area (Å²) < 4.78 is 0. The van der Waals surface area contributed by atoms with Gasteiger partial charge in [0.05, 0.1) is 0 Å². The van der Waals surface area contributed by atoms with E-state index in [0.29, 0.717) is 0 Å². The summed E-state index contributed by atoms with van der Waals surface area (Å²) in [6.07, 6.45) is 7.20. The van der Waals surface area contributed by atoms with E-state index >= 15 is 0 Å². The number of carbonyl (C=O) groups is 1. The number of hydrogen-bond donors (Lipinski definition) is 2. The van der Waals surface area contributed by atoms with E-state index in [2.05, 4.69) is 29.4 Å². The van der Waals surface area contributed by atoms with E-state index in [1.165, 1.54) is 5.57 Å². The van der Waals surface area contributed by atoms with Gasteiger partial charge in [0.15, 0.2) is 0 Å². The molecule has 0 bridgehead atoms. The highest BCUT2D eigenvalue weighted by Gasteiger charge is 2.30. The zero-order valence-corrected chi connectivity index (χ0v) is 11.1. The first-order chi connectivity index (χ1) is 7.86. The summed E-state index contributed by atoms with van der Waals surface area (Å²) in [4.78, 5) is 11.4. The molecule has 0 saturated heterocycles. The maximum atomic E-state index is 11.4. The lowest BCUT2D eigenvalue weighted by atomic mass is 9.79. The summed E-state index contributed by atoms with van der Waals surface area (Å²) >= 11 is 0. The van der Waals surface area contributed by atoms with Crippen LogP contribution in [0.25, 0.3) is 0 Å². The topological polar surface area (TPSA) is 41.1 Å². The molecule has 1 unspecified atom stereocenters. The molecule has 3 nitrogen and oxygen atoms in total. The average molecular weight is 234 g/mol. The maximum Gasteiger partial charge on any atom is 0.314 e. The lowest BCUT2D eigenvalue weighted by Gasteiger charge is -2.35. The van der Waals surface area contributed by atoms with Gasteiger partial charge in [0.2, 0.25) is 0 Å². The molecule has 0 aromatic rings. The number of amides is 2. The number of nitrogens with one attached hydrogen (secondary N) is 2. The van der Waals surface area contributed by atoms with Crippen molar-refractivity contribution in [2.45, 2.75) is 32.7 Å². The zero-order valence-electron chi connectivity index (χ0n) is 11.1. The quantitative estimate of drug-likeness (QED) is 0.774. The van der Waals surface area contributed by atoms with Gasteiger partial charge in [-0.05, 0) is 32.8 Å². The van der Waals surface area contributed by atoms with E-state index in [0.717, 1.165) is 12.0 Å². The first-order valence-electron chi connectivity index (χ1n) is 5.90. The largest absolute Gasteiger partial charge is 0.341 e. The van der Waals surface area contributed by atoms with Gasteiger partial charge in [-0.25, -0.2) is 4.79 Å². The highest BCUT2D eigenvalue weighted by Crippen LogP contribution is 2.30. The van der Waals surface area contributed by atoms with E-state index in [4.69, 9.17) is 0 Å². The predicted molar refractivity (Wildman–Crippen MR) is 71.8 cm³/mol. The Labute approximate surface area is 104 Å². The van der Waals surface area contributed by atoms with Crippen LogP contribution < -0.4 is 10.6 Å². The van der Waals surface area contributed by atoms with Crippen LogP contribution in [0.1, 0.15) is 27.2 Å². The average Bonchev–Trinajstić information content (AvgIpc) is 2.28. The molecular weight excluding hydrogens is 212 g/mol. The summed E-state index contributed by atoms with van der Waals surface area (Å²) in [7, 11) is 1.63. The Morgan fingerprint density at radius 3 is 2.71 bits per heavy atom. The van der Waals surface area contributed by atoms with Crippen molar-refractivity contribution in [3.63, 3.8) is 0 Å². The van der Waals surface area contributed by atoms with Gasteiger partial charge in [-0.15, -0.1) is 0 Å². The minimum atomic E-state index is -0.272. The lowest BCUT2D eigenvalue weighted by molar-refractivity contribution is 0.221. The normalized spacial score (nSPS) is 19.5. The van der Waals surface area contributed by atoms with E-state index in [1.54, 1.807) is 7.05 Å². The molecular formula is C14H22N2O. The Kier molecular flexibility index (Phi) is 4.16. The molecule has 1 aliphatic carbocycles. The van der Waals surface area contributed by atoms with Gasteiger partial charge < -0.3 is 10.6 Å². The van der Waals surface area contributed by atoms with Gasteiger partial charge in [0.25, 0.3) is 0 Å². The highest BCUT2D eigenvalue weighted by atomic mass is 16.2. The molecule has 17 heavy (non-hydrogen) atoms. The van der Waals surface area contributed by atoms with Crippen LogP contribution in [-0.2, 0) is 0 Å². The van der Waals surface area contributed by atoms with E-state index in [-0.39, 0.29) is 17.5 Å². The van der Waals surface area contributed by atoms with Crippen molar-refractivity contribution < 1.29 is 4.79 Å². The summed E-state index contributed by atoms with van der Waals surface area (Å²) in [5, 5.41) is 5.56. The van der Waals surface area contributed by atoms with Crippen LogP contribution in [0.5, 0.6) is 0 Å². The van der Waals surface area contributed by atoms with Crippen molar-refractivity contribution in [2.75, 3.05) is 7.05 Å². The third kappa shape index (κ3) is 3.48. The van der Waals surface area contributed by atoms with Crippen LogP contribution in [0.4, 0.5) is 4.79 Å². The predicted octanol–water partition coefficient (Wildman–Crippen LogP) is 2.77. The second-order valence-corrected chi connectivity index (χ2v) is 5.09. The zero-order chi connectivity index (χ0) is 13.1. The highest BCUT2D eigenvalue weighted by molar-refractivity contribution is 5.74. The fourth-order valence-electron chi connectivity index (χ4n) is 1.94. The van der Waals surface area contributed by atoms with E-state index in [1.807, 2.05) is 26.8 Å². The van der Waals surface area contributed by atoms with Crippen LogP contribution in [0.3, 0.4) is 0 Å². The Morgan fingerprint density at radius 2 is 2.18 bits per heavy atom. The fourth-order valence-corrected chi connectivity index (χ4v) is 1.94. The van der Waals surface area contributed by atoms with Crippen LogP contribution in [0, 0.1) is 5.92 Å². The Bertz CT molecular complexity index is 378. The molecule has 1 atom stereocenters. The van der Waals surface area contributed by atoms with E-state index in [9.17, 15) is 4.79 Å². The number of rotatable bonds is 3. The summed E-state index contributed by atoms with van der Waals surface area (Å²) in [5.74, 6) is 0.288. The third-order valence-corrected chi connectivity index (χ3v) is 3.22. The van der Waals surface area contributed by atoms with Crippen molar-refractivity contribution in [3.05, 3.63) is 36.0 Å². The molecule has 3 heteroatoms. The van der Waals surface area contributed by atoms with Crippen LogP contribution in [-0.4, -0.2) is 18.6 Å². The number of urea groups is 1. The lowest BCUT2D eigenvalue weighted by Crippen LogP contribution is -2.51. The molecule has 0 radical (unpaired) electrons. The minimum Gasteiger partial charge on any atom is -0.341 e.